The molecule has 7 nitrogen and oxygen atoms in total. The van der Waals surface area contributed by atoms with Gasteiger partial charge in [0.2, 0.25) is 0 Å². The highest BCUT2D eigenvalue weighted by Crippen LogP contribution is 2.13. The van der Waals surface area contributed by atoms with E-state index in [1.54, 1.807) is 18.2 Å². The Morgan fingerprint density at radius 1 is 1.09 bits per heavy atom. The first-order valence-corrected chi connectivity index (χ1v) is 7.45. The monoisotopic (exact) mass is 388 g/mol. The van der Waals surface area contributed by atoms with Crippen molar-refractivity contribution in [3.63, 3.8) is 0 Å². The van der Waals surface area contributed by atoms with E-state index in [1.807, 2.05) is 6.07 Å². The summed E-state index contributed by atoms with van der Waals surface area (Å²) in [5.74, 6) is -1.22. The van der Waals surface area contributed by atoms with Crippen LogP contribution in [0.5, 0.6) is 0 Å². The van der Waals surface area contributed by atoms with Gasteiger partial charge in [0.05, 0.1) is 27.1 Å². The van der Waals surface area contributed by atoms with Crippen LogP contribution < -0.4 is 0 Å². The van der Waals surface area contributed by atoms with Gasteiger partial charge in [-0.05, 0) is 17.7 Å². The second-order valence-corrected chi connectivity index (χ2v) is 5.38. The zero-order valence-electron chi connectivity index (χ0n) is 12.7. The van der Waals surface area contributed by atoms with Crippen LogP contribution in [0.1, 0.15) is 18.4 Å². The summed E-state index contributed by atoms with van der Waals surface area (Å²) in [5, 5.41) is 0. The highest BCUT2D eigenvalue weighted by Gasteiger charge is 2.23. The van der Waals surface area contributed by atoms with Crippen molar-refractivity contribution in [2.45, 2.75) is 25.6 Å². The third-order valence-electron chi connectivity index (χ3n) is 2.75. The standard InChI is InChI=1S/C15H17BrO7/c1-20-13(17)7-12(8-14(18)21-2)23-15(19)22-9-10-4-3-5-11(16)6-10/h3-6,12H,7-9H2,1-2H3. The van der Waals surface area contributed by atoms with E-state index in [4.69, 9.17) is 9.47 Å². The third-order valence-corrected chi connectivity index (χ3v) is 3.25. The Hall–Kier alpha value is -2.09. The van der Waals surface area contributed by atoms with Gasteiger partial charge in [0.25, 0.3) is 0 Å². The third kappa shape index (κ3) is 7.64. The summed E-state index contributed by atoms with van der Waals surface area (Å²) in [6, 6.07) is 7.20. The van der Waals surface area contributed by atoms with Gasteiger partial charge in [-0.3, -0.25) is 9.59 Å². The van der Waals surface area contributed by atoms with Crippen molar-refractivity contribution in [3.05, 3.63) is 34.3 Å². The van der Waals surface area contributed by atoms with Crippen molar-refractivity contribution < 1.29 is 33.3 Å². The lowest BCUT2D eigenvalue weighted by atomic mass is 10.2. The van der Waals surface area contributed by atoms with Gasteiger partial charge in [0, 0.05) is 4.47 Å². The zero-order valence-corrected chi connectivity index (χ0v) is 14.3. The molecule has 0 N–H and O–H groups in total. The van der Waals surface area contributed by atoms with E-state index in [0.29, 0.717) is 0 Å². The van der Waals surface area contributed by atoms with Gasteiger partial charge in [-0.25, -0.2) is 4.79 Å². The van der Waals surface area contributed by atoms with Gasteiger partial charge < -0.3 is 18.9 Å². The van der Waals surface area contributed by atoms with Crippen LogP contribution in [0.2, 0.25) is 0 Å². The maximum absolute atomic E-state index is 11.7. The van der Waals surface area contributed by atoms with Crippen molar-refractivity contribution in [1.29, 1.82) is 0 Å². The topological polar surface area (TPSA) is 88.1 Å². The average Bonchev–Trinajstić information content (AvgIpc) is 2.52. The number of ether oxygens (including phenoxy) is 4. The average molecular weight is 389 g/mol. The Bertz CT molecular complexity index is 541. The molecule has 23 heavy (non-hydrogen) atoms. The minimum absolute atomic E-state index is 0.00143. The van der Waals surface area contributed by atoms with Gasteiger partial charge in [0.1, 0.15) is 12.7 Å². The van der Waals surface area contributed by atoms with E-state index < -0.39 is 24.2 Å². The number of benzene rings is 1. The largest absolute Gasteiger partial charge is 0.508 e. The molecule has 1 rings (SSSR count). The molecule has 0 aliphatic heterocycles. The molecular formula is C15H17BrO7. The van der Waals surface area contributed by atoms with E-state index in [-0.39, 0.29) is 19.4 Å². The van der Waals surface area contributed by atoms with E-state index in [9.17, 15) is 14.4 Å². The Morgan fingerprint density at radius 3 is 2.22 bits per heavy atom. The molecule has 0 spiro atoms. The summed E-state index contributed by atoms with van der Waals surface area (Å²) >= 11 is 3.31. The zero-order chi connectivity index (χ0) is 17.2. The SMILES string of the molecule is COC(=O)CC(CC(=O)OC)OC(=O)OCc1cccc(Br)c1. The second kappa shape index (κ2) is 9.83. The predicted octanol–water partition coefficient (Wildman–Crippen LogP) is 2.60. The van der Waals surface area contributed by atoms with E-state index in [2.05, 4.69) is 25.4 Å². The molecule has 1 aromatic rings. The number of carbonyl (C=O) groups is 3. The Morgan fingerprint density at radius 2 is 1.70 bits per heavy atom. The molecule has 0 saturated carbocycles. The second-order valence-electron chi connectivity index (χ2n) is 4.47. The summed E-state index contributed by atoms with van der Waals surface area (Å²) in [5.41, 5.74) is 0.758. The van der Waals surface area contributed by atoms with E-state index >= 15 is 0 Å². The van der Waals surface area contributed by atoms with Crippen molar-refractivity contribution >= 4 is 34.0 Å². The summed E-state index contributed by atoms with van der Waals surface area (Å²) < 4.78 is 19.8. The summed E-state index contributed by atoms with van der Waals surface area (Å²) in [6.45, 7) is 0.00143. The number of halogens is 1. The molecule has 1 aromatic carbocycles. The first kappa shape index (κ1) is 19.0. The fourth-order valence-corrected chi connectivity index (χ4v) is 2.08. The molecule has 8 heteroatoms. The highest BCUT2D eigenvalue weighted by atomic mass is 79.9. The number of hydrogen-bond acceptors (Lipinski definition) is 7. The predicted molar refractivity (Wildman–Crippen MR) is 82.5 cm³/mol. The first-order valence-electron chi connectivity index (χ1n) is 6.66. The van der Waals surface area contributed by atoms with Gasteiger partial charge >= 0.3 is 18.1 Å². The van der Waals surface area contributed by atoms with Crippen LogP contribution in [0.25, 0.3) is 0 Å². The molecule has 0 unspecified atom stereocenters. The fourth-order valence-electron chi connectivity index (χ4n) is 1.63. The van der Waals surface area contributed by atoms with Gasteiger partial charge in [-0.1, -0.05) is 28.1 Å². The number of rotatable bonds is 7. The molecule has 126 valence electrons. The van der Waals surface area contributed by atoms with Crippen LogP contribution in [0, 0.1) is 0 Å². The van der Waals surface area contributed by atoms with Crippen LogP contribution in [0.15, 0.2) is 28.7 Å². The molecular weight excluding hydrogens is 372 g/mol. The number of methoxy groups -OCH3 is 2. The first-order chi connectivity index (χ1) is 10.9. The van der Waals surface area contributed by atoms with Crippen LogP contribution in [0.4, 0.5) is 4.79 Å². The lowest BCUT2D eigenvalue weighted by Crippen LogP contribution is -2.26. The minimum atomic E-state index is -1.01. The molecule has 0 fully saturated rings. The number of carbonyl (C=O) groups excluding carboxylic acids is 3. The van der Waals surface area contributed by atoms with Gasteiger partial charge in [-0.2, -0.15) is 0 Å². The Kier molecular flexibility index (Phi) is 8.10. The van der Waals surface area contributed by atoms with E-state index in [1.165, 1.54) is 14.2 Å². The molecule has 0 amide bonds. The number of hydrogen-bond donors (Lipinski definition) is 0. The van der Waals surface area contributed by atoms with Gasteiger partial charge in [-0.15, -0.1) is 0 Å². The van der Waals surface area contributed by atoms with Crippen molar-refractivity contribution in [3.8, 4) is 0 Å². The molecule has 0 bridgehead atoms. The molecule has 0 aliphatic carbocycles. The van der Waals surface area contributed by atoms with Crippen LogP contribution in [0.3, 0.4) is 0 Å². The molecule has 0 heterocycles. The summed E-state index contributed by atoms with van der Waals surface area (Å²) in [4.78, 5) is 34.2. The lowest BCUT2D eigenvalue weighted by Gasteiger charge is -2.15. The van der Waals surface area contributed by atoms with Crippen molar-refractivity contribution in [2.75, 3.05) is 14.2 Å². The van der Waals surface area contributed by atoms with Crippen molar-refractivity contribution in [1.82, 2.24) is 0 Å². The van der Waals surface area contributed by atoms with Crippen LogP contribution in [-0.4, -0.2) is 38.4 Å². The molecule has 0 radical (unpaired) electrons. The van der Waals surface area contributed by atoms with Crippen LogP contribution >= 0.6 is 15.9 Å². The Balaban J connectivity index is 2.54. The Labute approximate surface area is 142 Å². The van der Waals surface area contributed by atoms with Gasteiger partial charge in [0.15, 0.2) is 0 Å². The summed E-state index contributed by atoms with van der Waals surface area (Å²) in [7, 11) is 2.40. The lowest BCUT2D eigenvalue weighted by molar-refractivity contribution is -0.147. The maximum Gasteiger partial charge on any atom is 0.508 e. The highest BCUT2D eigenvalue weighted by molar-refractivity contribution is 9.10. The maximum atomic E-state index is 11.7. The van der Waals surface area contributed by atoms with Crippen molar-refractivity contribution in [2.24, 2.45) is 0 Å². The fraction of sp³-hybridized carbons (Fsp3) is 0.400. The minimum Gasteiger partial charge on any atom is -0.469 e. The molecule has 0 aliphatic rings. The van der Waals surface area contributed by atoms with E-state index in [0.717, 1.165) is 10.0 Å². The normalized spacial score (nSPS) is 10.1. The molecule has 0 atom stereocenters. The molecule has 0 saturated heterocycles. The number of esters is 2. The molecule has 0 aromatic heterocycles. The quantitative estimate of drug-likeness (QED) is 0.523. The van der Waals surface area contributed by atoms with Crippen LogP contribution in [-0.2, 0) is 35.1 Å². The smallest absolute Gasteiger partial charge is 0.469 e. The summed E-state index contributed by atoms with van der Waals surface area (Å²) in [6.07, 6.45) is -2.53.